The van der Waals surface area contributed by atoms with Gasteiger partial charge in [-0.25, -0.2) is 9.96 Å². The van der Waals surface area contributed by atoms with Crippen molar-refractivity contribution >= 4 is 34.8 Å². The predicted molar refractivity (Wildman–Crippen MR) is 122 cm³/mol. The van der Waals surface area contributed by atoms with Gasteiger partial charge in [-0.3, -0.25) is 14.4 Å². The Labute approximate surface area is 190 Å². The second-order valence-electron chi connectivity index (χ2n) is 7.92. The third-order valence-corrected chi connectivity index (χ3v) is 6.20. The van der Waals surface area contributed by atoms with Gasteiger partial charge in [0.05, 0.1) is 24.5 Å². The van der Waals surface area contributed by atoms with Crippen molar-refractivity contribution in [3.8, 4) is 5.75 Å². The van der Waals surface area contributed by atoms with Gasteiger partial charge in [-0.1, -0.05) is 41.4 Å². The van der Waals surface area contributed by atoms with Crippen LogP contribution < -0.4 is 14.7 Å². The van der Waals surface area contributed by atoms with Crippen LogP contribution in [0.3, 0.4) is 0 Å². The quantitative estimate of drug-likeness (QED) is 0.541. The summed E-state index contributed by atoms with van der Waals surface area (Å²) in [6.07, 6.45) is -0.911. The van der Waals surface area contributed by atoms with Crippen LogP contribution in [0.2, 0.25) is 5.02 Å². The summed E-state index contributed by atoms with van der Waals surface area (Å²) in [6, 6.07) is 21.4. The number of anilines is 2. The number of amides is 2. The van der Waals surface area contributed by atoms with E-state index in [1.807, 2.05) is 55.5 Å². The maximum atomic E-state index is 13.6. The van der Waals surface area contributed by atoms with Crippen LogP contribution in [-0.2, 0) is 14.4 Å². The normalized spacial score (nSPS) is 22.4. The monoisotopic (exact) mass is 448 g/mol. The van der Waals surface area contributed by atoms with Gasteiger partial charge < -0.3 is 4.74 Å². The molecule has 0 bridgehead atoms. The zero-order valence-electron chi connectivity index (χ0n) is 17.6. The third-order valence-electron chi connectivity index (χ3n) is 5.95. The van der Waals surface area contributed by atoms with E-state index in [9.17, 15) is 9.59 Å². The van der Waals surface area contributed by atoms with Gasteiger partial charge in [-0.05, 0) is 61.0 Å². The number of methoxy groups -OCH3 is 1. The average molecular weight is 449 g/mol. The molecule has 0 N–H and O–H groups in total. The van der Waals surface area contributed by atoms with E-state index in [0.717, 1.165) is 11.1 Å². The molecule has 32 heavy (non-hydrogen) atoms. The molecule has 2 fully saturated rings. The third kappa shape index (κ3) is 3.32. The summed E-state index contributed by atoms with van der Waals surface area (Å²) < 4.78 is 5.28. The molecular weight excluding hydrogens is 428 g/mol. The largest absolute Gasteiger partial charge is 0.497 e. The highest BCUT2D eigenvalue weighted by Gasteiger charge is 2.60. The SMILES string of the molecule is COc1ccc([C@H]2[C@@H]3C(=O)N(c4ccc(C)cc4)C(=O)[C@@H]3ON2c2ccc(Cl)cc2)cc1. The average Bonchev–Trinajstić information content (AvgIpc) is 3.31. The number of rotatable bonds is 4. The van der Waals surface area contributed by atoms with E-state index in [4.69, 9.17) is 21.2 Å². The summed E-state index contributed by atoms with van der Waals surface area (Å²) in [6.45, 7) is 1.96. The molecule has 6 nitrogen and oxygen atoms in total. The lowest BCUT2D eigenvalue weighted by Gasteiger charge is -2.29. The Morgan fingerprint density at radius 3 is 2.09 bits per heavy atom. The Morgan fingerprint density at radius 2 is 1.47 bits per heavy atom. The van der Waals surface area contributed by atoms with Crippen LogP contribution in [0.25, 0.3) is 0 Å². The molecule has 2 saturated heterocycles. The first kappa shape index (κ1) is 20.5. The number of hydroxylamine groups is 1. The fourth-order valence-corrected chi connectivity index (χ4v) is 4.44. The molecule has 2 aliphatic heterocycles. The molecule has 162 valence electrons. The summed E-state index contributed by atoms with van der Waals surface area (Å²) in [7, 11) is 1.60. The zero-order chi connectivity index (χ0) is 22.4. The molecule has 0 saturated carbocycles. The van der Waals surface area contributed by atoms with Crippen molar-refractivity contribution in [3.05, 3.63) is 88.9 Å². The van der Waals surface area contributed by atoms with Gasteiger partial charge in [0.2, 0.25) is 5.91 Å². The number of carbonyl (C=O) groups is 2. The fraction of sp³-hybridized carbons (Fsp3) is 0.200. The molecule has 2 heterocycles. The Kier molecular flexibility index (Phi) is 5.12. The van der Waals surface area contributed by atoms with Gasteiger partial charge in [0.1, 0.15) is 11.7 Å². The van der Waals surface area contributed by atoms with Crippen molar-refractivity contribution in [2.75, 3.05) is 17.1 Å². The lowest BCUT2D eigenvalue weighted by Crippen LogP contribution is -2.37. The topological polar surface area (TPSA) is 59.1 Å². The van der Waals surface area contributed by atoms with E-state index in [1.54, 1.807) is 36.4 Å². The van der Waals surface area contributed by atoms with Crippen LogP contribution in [0.5, 0.6) is 5.75 Å². The van der Waals surface area contributed by atoms with Crippen LogP contribution in [0.15, 0.2) is 72.8 Å². The first-order valence-corrected chi connectivity index (χ1v) is 10.7. The first-order chi connectivity index (χ1) is 15.5. The number of nitrogens with zero attached hydrogens (tertiary/aromatic N) is 2. The number of fused-ring (bicyclic) bond motifs is 1. The zero-order valence-corrected chi connectivity index (χ0v) is 18.3. The summed E-state index contributed by atoms with van der Waals surface area (Å²) in [5, 5.41) is 2.24. The summed E-state index contributed by atoms with van der Waals surface area (Å²) in [5.41, 5.74) is 3.16. The Hall–Kier alpha value is -3.35. The Morgan fingerprint density at radius 1 is 0.844 bits per heavy atom. The molecule has 0 unspecified atom stereocenters. The standard InChI is InChI=1S/C25H21ClN2O4/c1-15-3-9-18(10-4-15)27-24(29)21-22(16-5-13-20(31-2)14-6-16)28(32-23(21)25(27)30)19-11-7-17(26)8-12-19/h3-14,21-23H,1-2H3/t21-,22-,23+/m0/s1. The summed E-state index contributed by atoms with van der Waals surface area (Å²) in [5.74, 6) is -0.620. The van der Waals surface area contributed by atoms with E-state index in [0.29, 0.717) is 22.1 Å². The molecule has 0 spiro atoms. The lowest BCUT2D eigenvalue weighted by molar-refractivity contribution is -0.126. The minimum atomic E-state index is -0.911. The van der Waals surface area contributed by atoms with Crippen LogP contribution in [0.1, 0.15) is 17.2 Å². The number of imide groups is 1. The maximum absolute atomic E-state index is 13.6. The fourth-order valence-electron chi connectivity index (χ4n) is 4.31. The number of hydrogen-bond acceptors (Lipinski definition) is 5. The number of aryl methyl sites for hydroxylation is 1. The van der Waals surface area contributed by atoms with Crippen LogP contribution in [0, 0.1) is 12.8 Å². The minimum absolute atomic E-state index is 0.277. The Balaban J connectivity index is 1.57. The molecule has 0 aromatic heterocycles. The van der Waals surface area contributed by atoms with Crippen molar-refractivity contribution in [2.45, 2.75) is 19.1 Å². The van der Waals surface area contributed by atoms with Crippen molar-refractivity contribution < 1.29 is 19.2 Å². The van der Waals surface area contributed by atoms with E-state index >= 15 is 0 Å². The highest BCUT2D eigenvalue weighted by atomic mass is 35.5. The van der Waals surface area contributed by atoms with E-state index in [2.05, 4.69) is 0 Å². The van der Waals surface area contributed by atoms with Gasteiger partial charge >= 0.3 is 0 Å². The highest BCUT2D eigenvalue weighted by Crippen LogP contribution is 2.47. The minimum Gasteiger partial charge on any atom is -0.497 e. The number of hydrogen-bond donors (Lipinski definition) is 0. The Bertz CT molecular complexity index is 1160. The number of halogens is 1. The first-order valence-electron chi connectivity index (χ1n) is 10.3. The molecule has 5 rings (SSSR count). The number of ether oxygens (including phenoxy) is 1. The lowest BCUT2D eigenvalue weighted by atomic mass is 9.90. The molecule has 3 aromatic carbocycles. The molecule has 3 atom stereocenters. The van der Waals surface area contributed by atoms with Crippen LogP contribution in [0.4, 0.5) is 11.4 Å². The van der Waals surface area contributed by atoms with Gasteiger partial charge in [0.15, 0.2) is 6.10 Å². The molecule has 0 aliphatic carbocycles. The second kappa shape index (κ2) is 7.97. The van der Waals surface area contributed by atoms with Gasteiger partial charge in [0.25, 0.3) is 5.91 Å². The van der Waals surface area contributed by atoms with E-state index in [1.165, 1.54) is 4.90 Å². The van der Waals surface area contributed by atoms with Crippen molar-refractivity contribution in [2.24, 2.45) is 5.92 Å². The number of carbonyl (C=O) groups excluding carboxylic acids is 2. The molecule has 2 aliphatic rings. The van der Waals surface area contributed by atoms with Crippen molar-refractivity contribution in [3.63, 3.8) is 0 Å². The molecule has 2 amide bonds. The molecular formula is C25H21ClN2O4. The van der Waals surface area contributed by atoms with Crippen molar-refractivity contribution in [1.29, 1.82) is 0 Å². The summed E-state index contributed by atoms with van der Waals surface area (Å²) >= 11 is 6.06. The molecule has 7 heteroatoms. The highest BCUT2D eigenvalue weighted by molar-refractivity contribution is 6.30. The van der Waals surface area contributed by atoms with Gasteiger partial charge in [-0.2, -0.15) is 0 Å². The summed E-state index contributed by atoms with van der Waals surface area (Å²) in [4.78, 5) is 34.3. The number of benzene rings is 3. The van der Waals surface area contributed by atoms with E-state index in [-0.39, 0.29) is 11.8 Å². The van der Waals surface area contributed by atoms with Crippen LogP contribution in [-0.4, -0.2) is 25.0 Å². The second-order valence-corrected chi connectivity index (χ2v) is 8.36. The van der Waals surface area contributed by atoms with Gasteiger partial charge in [0, 0.05) is 5.02 Å². The van der Waals surface area contributed by atoms with E-state index < -0.39 is 18.1 Å². The molecule has 3 aromatic rings. The molecule has 0 radical (unpaired) electrons. The van der Waals surface area contributed by atoms with Crippen LogP contribution >= 0.6 is 11.6 Å². The van der Waals surface area contributed by atoms with Gasteiger partial charge in [-0.15, -0.1) is 0 Å². The predicted octanol–water partition coefficient (Wildman–Crippen LogP) is 4.71. The maximum Gasteiger partial charge on any atom is 0.266 e. The van der Waals surface area contributed by atoms with Crippen molar-refractivity contribution in [1.82, 2.24) is 0 Å². The smallest absolute Gasteiger partial charge is 0.266 e.